The molecule has 15 heavy (non-hydrogen) atoms. The van der Waals surface area contributed by atoms with Crippen LogP contribution in [-0.4, -0.2) is 54.4 Å². The van der Waals surface area contributed by atoms with E-state index in [1.807, 2.05) is 21.0 Å². The van der Waals surface area contributed by atoms with Crippen LogP contribution in [-0.2, 0) is 9.59 Å². The van der Waals surface area contributed by atoms with Crippen molar-refractivity contribution in [1.82, 2.24) is 9.13 Å². The fourth-order valence-electron chi connectivity index (χ4n) is 1.06. The van der Waals surface area contributed by atoms with Crippen LogP contribution in [0.15, 0.2) is 10.9 Å². The molecular weight excluding hydrogens is 224 g/mol. The summed E-state index contributed by atoms with van der Waals surface area (Å²) in [6, 6.07) is 0. The Labute approximate surface area is 96.1 Å². The lowest BCUT2D eigenvalue weighted by Crippen LogP contribution is -2.36. The highest BCUT2D eigenvalue weighted by Gasteiger charge is 2.10. The molecule has 0 aromatic heterocycles. The predicted octanol–water partition coefficient (Wildman–Crippen LogP) is -1.03. The first-order valence-electron chi connectivity index (χ1n) is 4.96. The second-order valence-electron chi connectivity index (χ2n) is 3.70. The van der Waals surface area contributed by atoms with Gasteiger partial charge in [0.15, 0.2) is 19.4 Å². The molecule has 0 rings (SSSR count). The molecule has 6 heteroatoms. The van der Waals surface area contributed by atoms with Gasteiger partial charge in [0.1, 0.15) is 0 Å². The van der Waals surface area contributed by atoms with Crippen molar-refractivity contribution in [1.29, 1.82) is 0 Å². The Hall–Kier alpha value is -0.886. The first-order valence-corrected chi connectivity index (χ1v) is 7.63. The third kappa shape index (κ3) is 5.53. The molecule has 0 aromatic carbocycles. The molecule has 0 aliphatic rings. The highest BCUT2D eigenvalue weighted by molar-refractivity contribution is 6.68. The van der Waals surface area contributed by atoms with Crippen LogP contribution in [0.25, 0.3) is 0 Å². The zero-order valence-corrected chi connectivity index (χ0v) is 13.0. The quantitative estimate of drug-likeness (QED) is 0.594. The number of rotatable bonds is 4. The smallest absolute Gasteiger partial charge is 0.211 e. The molecule has 0 bridgehead atoms. The molecule has 0 heterocycles. The van der Waals surface area contributed by atoms with Crippen LogP contribution in [0.4, 0.5) is 0 Å². The maximum atomic E-state index is 11.1. The Morgan fingerprint density at radius 1 is 1.00 bits per heavy atom. The summed E-state index contributed by atoms with van der Waals surface area (Å²) in [5, 5.41) is 0. The maximum absolute atomic E-state index is 11.1. The maximum Gasteiger partial charge on any atom is 0.211 e. The average molecular weight is 244 g/mol. The van der Waals surface area contributed by atoms with Gasteiger partial charge in [0.25, 0.3) is 0 Å². The minimum absolute atomic E-state index is 0.112. The van der Waals surface area contributed by atoms with Crippen molar-refractivity contribution >= 4 is 31.2 Å². The highest BCUT2D eigenvalue weighted by Crippen LogP contribution is 1.96. The molecule has 2 amide bonds. The average Bonchev–Trinajstić information content (AvgIpc) is 2.15. The van der Waals surface area contributed by atoms with Gasteiger partial charge in [-0.25, -0.2) is 0 Å². The number of allylic oxidation sites excluding steroid dienone is 1. The van der Waals surface area contributed by atoms with Crippen molar-refractivity contribution < 1.29 is 9.59 Å². The van der Waals surface area contributed by atoms with Crippen LogP contribution >= 0.6 is 0 Å². The molecule has 0 saturated heterocycles. The first kappa shape index (κ1) is 14.1. The lowest BCUT2D eigenvalue weighted by molar-refractivity contribution is -0.124. The van der Waals surface area contributed by atoms with Crippen LogP contribution < -0.4 is 0 Å². The summed E-state index contributed by atoms with van der Waals surface area (Å²) in [4.78, 5) is 23.5. The van der Waals surface area contributed by atoms with Gasteiger partial charge in [0.2, 0.25) is 11.8 Å². The van der Waals surface area contributed by atoms with E-state index in [1.54, 1.807) is 23.0 Å². The first-order chi connectivity index (χ1) is 6.88. The van der Waals surface area contributed by atoms with Gasteiger partial charge in [-0.3, -0.25) is 9.59 Å². The Kier molecular flexibility index (Phi) is 6.18. The second kappa shape index (κ2) is 6.57. The minimum Gasteiger partial charge on any atom is -0.374 e. The van der Waals surface area contributed by atoms with Crippen LogP contribution in [0, 0.1) is 0 Å². The van der Waals surface area contributed by atoms with E-state index in [2.05, 4.69) is 6.08 Å². The molecule has 0 aliphatic carbocycles. The Morgan fingerprint density at radius 3 is 1.53 bits per heavy atom. The zero-order valence-electron chi connectivity index (χ0n) is 10.2. The molecule has 0 fully saturated rings. The number of nitrogens with zero attached hydrogens (tertiary/aromatic N) is 2. The Balaban J connectivity index is 4.29. The second-order valence-corrected chi connectivity index (χ2v) is 9.04. The van der Waals surface area contributed by atoms with Crippen molar-refractivity contribution in [2.75, 3.05) is 14.1 Å². The van der Waals surface area contributed by atoms with E-state index in [1.165, 1.54) is 4.82 Å². The van der Waals surface area contributed by atoms with Gasteiger partial charge in [0, 0.05) is 27.9 Å². The van der Waals surface area contributed by atoms with Crippen LogP contribution in [0.2, 0.25) is 0 Å². The number of hydrogen-bond acceptors (Lipinski definition) is 2. The third-order valence-corrected chi connectivity index (χ3v) is 7.17. The van der Waals surface area contributed by atoms with Crippen LogP contribution in [0.3, 0.4) is 0 Å². The summed E-state index contributed by atoms with van der Waals surface area (Å²) in [5.74, 6) is 0.223. The largest absolute Gasteiger partial charge is 0.374 e. The van der Waals surface area contributed by atoms with Gasteiger partial charge >= 0.3 is 0 Å². The number of amides is 2. The lowest BCUT2D eigenvalue weighted by Gasteiger charge is -2.20. The Bertz CT molecular complexity index is 255. The molecule has 0 aromatic rings. The monoisotopic (exact) mass is 244 g/mol. The molecule has 0 atom stereocenters. The lowest BCUT2D eigenvalue weighted by atomic mass is 10.7. The summed E-state index contributed by atoms with van der Waals surface area (Å²) in [5.41, 5.74) is 0. The van der Waals surface area contributed by atoms with Crippen molar-refractivity contribution in [2.45, 2.75) is 20.8 Å². The molecular formula is C9H20N2O2Si2. The molecule has 4 nitrogen and oxygen atoms in total. The molecule has 0 radical (unpaired) electrons. The number of carbonyl (C=O) groups is 2. The van der Waals surface area contributed by atoms with E-state index in [9.17, 15) is 9.59 Å². The van der Waals surface area contributed by atoms with E-state index >= 15 is 0 Å². The third-order valence-electron chi connectivity index (χ3n) is 2.36. The van der Waals surface area contributed by atoms with Gasteiger partial charge in [-0.2, -0.15) is 0 Å². The van der Waals surface area contributed by atoms with Gasteiger partial charge in [-0.1, -0.05) is 10.9 Å². The standard InChI is InChI=1S/C9H20N2O2Si2/c1-6-9(14-10(4)7(2)12)15-11(5)8(3)13/h6H,14-15H2,1-5H3. The van der Waals surface area contributed by atoms with E-state index < -0.39 is 19.4 Å². The summed E-state index contributed by atoms with van der Waals surface area (Å²) in [7, 11) is 2.35. The predicted molar refractivity (Wildman–Crippen MR) is 67.7 cm³/mol. The van der Waals surface area contributed by atoms with E-state index in [0.717, 1.165) is 0 Å². The van der Waals surface area contributed by atoms with Crippen molar-refractivity contribution in [3.63, 3.8) is 0 Å². The van der Waals surface area contributed by atoms with Crippen LogP contribution in [0.1, 0.15) is 20.8 Å². The van der Waals surface area contributed by atoms with Gasteiger partial charge in [-0.15, -0.1) is 0 Å². The molecule has 0 N–H and O–H groups in total. The fourth-order valence-corrected chi connectivity index (χ4v) is 5.51. The molecule has 0 spiro atoms. The van der Waals surface area contributed by atoms with E-state index in [-0.39, 0.29) is 11.8 Å². The SMILES string of the molecule is CC=C([SiH2]N(C)C(C)=O)[SiH2]N(C)C(C)=O. The fraction of sp³-hybridized carbons (Fsp3) is 0.556. The van der Waals surface area contributed by atoms with Gasteiger partial charge in [-0.05, 0) is 6.92 Å². The minimum atomic E-state index is -0.660. The van der Waals surface area contributed by atoms with E-state index in [4.69, 9.17) is 0 Å². The van der Waals surface area contributed by atoms with Gasteiger partial charge in [0.05, 0.1) is 0 Å². The topological polar surface area (TPSA) is 40.6 Å². The molecule has 86 valence electrons. The van der Waals surface area contributed by atoms with Gasteiger partial charge < -0.3 is 9.13 Å². The van der Waals surface area contributed by atoms with Crippen molar-refractivity contribution in [2.24, 2.45) is 0 Å². The van der Waals surface area contributed by atoms with Crippen LogP contribution in [0.5, 0.6) is 0 Å². The number of carbonyl (C=O) groups excluding carboxylic acids is 2. The molecule has 0 unspecified atom stereocenters. The van der Waals surface area contributed by atoms with Crippen molar-refractivity contribution in [3.05, 3.63) is 10.9 Å². The summed E-state index contributed by atoms with van der Waals surface area (Å²) in [6.07, 6.45) is 2.07. The number of hydrogen-bond donors (Lipinski definition) is 0. The van der Waals surface area contributed by atoms with Crippen molar-refractivity contribution in [3.8, 4) is 0 Å². The highest BCUT2D eigenvalue weighted by atomic mass is 28.3. The summed E-state index contributed by atoms with van der Waals surface area (Å²) >= 11 is 0. The molecule has 0 saturated carbocycles. The summed E-state index contributed by atoms with van der Waals surface area (Å²) < 4.78 is 3.60. The molecule has 0 aliphatic heterocycles. The van der Waals surface area contributed by atoms with E-state index in [0.29, 0.717) is 0 Å². The zero-order chi connectivity index (χ0) is 12.0. The Morgan fingerprint density at radius 2 is 1.33 bits per heavy atom. The normalized spacial score (nSPS) is 11.0. The summed E-state index contributed by atoms with van der Waals surface area (Å²) in [6.45, 7) is 5.14.